The number of amides is 4. The molecule has 3 fully saturated rings. The third-order valence-electron chi connectivity index (χ3n) is 13.9. The molecule has 0 atom stereocenters. The highest BCUT2D eigenvalue weighted by atomic mass is 19.1. The number of benzene rings is 3. The van der Waals surface area contributed by atoms with Gasteiger partial charge in [-0.05, 0) is 72.2 Å². The summed E-state index contributed by atoms with van der Waals surface area (Å²) in [5.74, 6) is -1.10. The zero-order chi connectivity index (χ0) is 49.3. The van der Waals surface area contributed by atoms with E-state index in [0.29, 0.717) is 92.4 Å². The van der Waals surface area contributed by atoms with Crippen molar-refractivity contribution in [3.05, 3.63) is 148 Å². The van der Waals surface area contributed by atoms with Crippen LogP contribution in [0.3, 0.4) is 0 Å². The van der Waals surface area contributed by atoms with E-state index in [2.05, 4.69) is 58.6 Å². The van der Waals surface area contributed by atoms with E-state index in [4.69, 9.17) is 0 Å². The van der Waals surface area contributed by atoms with Gasteiger partial charge in [0.15, 0.2) is 5.69 Å². The molecule has 3 aliphatic heterocycles. The summed E-state index contributed by atoms with van der Waals surface area (Å²) >= 11 is 0. The molecule has 71 heavy (non-hydrogen) atoms. The molecule has 0 saturated carbocycles. The number of nitrogens with zero attached hydrogens (tertiary/aromatic N) is 9. The molecule has 0 aliphatic carbocycles. The van der Waals surface area contributed by atoms with Crippen LogP contribution in [0.25, 0.3) is 21.9 Å². The lowest BCUT2D eigenvalue weighted by atomic mass is 9.95. The highest BCUT2D eigenvalue weighted by Gasteiger charge is 2.31. The Morgan fingerprint density at radius 1 is 0.775 bits per heavy atom. The van der Waals surface area contributed by atoms with Crippen molar-refractivity contribution < 1.29 is 23.6 Å². The molecule has 3 N–H and O–H groups in total. The Kier molecular flexibility index (Phi) is 15.5. The maximum atomic E-state index is 15.1. The van der Waals surface area contributed by atoms with Crippen molar-refractivity contribution in [3.63, 3.8) is 0 Å². The Morgan fingerprint density at radius 2 is 1.49 bits per heavy atom. The molecule has 3 aliphatic rings. The average molecular weight is 963 g/mol. The Balaban J connectivity index is 0.723. The predicted molar refractivity (Wildman–Crippen MR) is 267 cm³/mol. The molecule has 18 heteroatoms. The summed E-state index contributed by atoms with van der Waals surface area (Å²) in [6.45, 7) is 9.42. The van der Waals surface area contributed by atoms with Crippen molar-refractivity contribution in [1.29, 1.82) is 0 Å². The summed E-state index contributed by atoms with van der Waals surface area (Å²) in [5.41, 5.74) is 5.32. The maximum Gasteiger partial charge on any atom is 0.274 e. The molecule has 0 spiro atoms. The molecular formula is C53H59FN12O5. The van der Waals surface area contributed by atoms with Crippen LogP contribution in [-0.2, 0) is 29.0 Å². The van der Waals surface area contributed by atoms with Gasteiger partial charge in [-0.15, -0.1) is 0 Å². The third-order valence-corrected chi connectivity index (χ3v) is 13.9. The smallest absolute Gasteiger partial charge is 0.274 e. The molecule has 3 aromatic carbocycles. The van der Waals surface area contributed by atoms with Crippen LogP contribution in [0.15, 0.2) is 102 Å². The molecule has 4 amide bonds. The van der Waals surface area contributed by atoms with Crippen LogP contribution in [0.5, 0.6) is 0 Å². The second-order valence-corrected chi connectivity index (χ2v) is 18.5. The minimum atomic E-state index is -0.612. The number of likely N-dealkylation sites (tertiary alicyclic amines) is 1. The van der Waals surface area contributed by atoms with Crippen molar-refractivity contribution in [2.45, 2.75) is 39.2 Å². The van der Waals surface area contributed by atoms with Gasteiger partial charge < -0.3 is 30.2 Å². The molecule has 0 unspecified atom stereocenters. The number of nitrogens with one attached hydrogen (secondary N) is 3. The van der Waals surface area contributed by atoms with Gasteiger partial charge in [0.05, 0.1) is 41.1 Å². The number of H-pyrrole nitrogens is 1. The van der Waals surface area contributed by atoms with Gasteiger partial charge in [-0.2, -0.15) is 5.10 Å². The number of rotatable bonds is 15. The number of halogens is 1. The summed E-state index contributed by atoms with van der Waals surface area (Å²) in [4.78, 5) is 89.4. The zero-order valence-corrected chi connectivity index (χ0v) is 40.0. The first-order valence-electron chi connectivity index (χ1n) is 24.5. The van der Waals surface area contributed by atoms with Crippen LogP contribution in [0, 0.1) is 11.7 Å². The Labute approximate surface area is 411 Å². The second-order valence-electron chi connectivity index (χ2n) is 18.5. The van der Waals surface area contributed by atoms with E-state index >= 15 is 4.39 Å². The van der Waals surface area contributed by atoms with Gasteiger partial charge in [-0.3, -0.25) is 28.9 Å². The molecule has 17 nitrogen and oxygen atoms in total. The van der Waals surface area contributed by atoms with E-state index in [1.165, 1.54) is 12.4 Å². The quantitative estimate of drug-likeness (QED) is 0.133. The summed E-state index contributed by atoms with van der Waals surface area (Å²) in [5, 5.41) is 14.1. The highest BCUT2D eigenvalue weighted by molar-refractivity contribution is 6.03. The van der Waals surface area contributed by atoms with Crippen LogP contribution < -0.4 is 16.2 Å². The molecular weight excluding hydrogens is 904 g/mol. The minimum Gasteiger partial charge on any atom is -0.338 e. The van der Waals surface area contributed by atoms with Gasteiger partial charge in [0.1, 0.15) is 12.1 Å². The van der Waals surface area contributed by atoms with E-state index < -0.39 is 11.7 Å². The van der Waals surface area contributed by atoms with Crippen molar-refractivity contribution >= 4 is 40.1 Å². The number of aryl methyl sites for hydroxylation is 1. The third kappa shape index (κ3) is 11.8. The average Bonchev–Trinajstić information content (AvgIpc) is 3.40. The first-order valence-corrected chi connectivity index (χ1v) is 24.5. The largest absolute Gasteiger partial charge is 0.338 e. The summed E-state index contributed by atoms with van der Waals surface area (Å²) in [7, 11) is 0. The van der Waals surface area contributed by atoms with Crippen LogP contribution in [0.1, 0.15) is 63.1 Å². The van der Waals surface area contributed by atoms with Crippen molar-refractivity contribution in [2.75, 3.05) is 90.4 Å². The van der Waals surface area contributed by atoms with Crippen molar-refractivity contribution in [1.82, 2.24) is 55.0 Å². The van der Waals surface area contributed by atoms with Gasteiger partial charge in [0.25, 0.3) is 17.4 Å². The lowest BCUT2D eigenvalue weighted by molar-refractivity contribution is -0.134. The van der Waals surface area contributed by atoms with Crippen LogP contribution >= 0.6 is 0 Å². The fraction of sp³-hybridized carbons (Fsp3) is 0.377. The summed E-state index contributed by atoms with van der Waals surface area (Å²) in [6.07, 6.45) is 7.65. The van der Waals surface area contributed by atoms with Crippen molar-refractivity contribution in [3.8, 4) is 11.1 Å². The fourth-order valence-corrected chi connectivity index (χ4v) is 9.84. The van der Waals surface area contributed by atoms with E-state index in [9.17, 15) is 24.0 Å². The van der Waals surface area contributed by atoms with E-state index in [-0.39, 0.29) is 41.1 Å². The molecule has 6 aromatic rings. The van der Waals surface area contributed by atoms with Crippen molar-refractivity contribution in [2.24, 2.45) is 5.92 Å². The SMILES string of the molecule is CCc1ccccc1-c1cnc(C(=O)N2CCC(CN3CCN(CC(=O)N4CCN(C(=O)c5cc(Cc6n[nH]c(=O)c7ccccc67)ccc5F)CC4)CC3)CC2)c(NC(=O)CNCc2ccncn2)c1. The number of hydrogen-bond donors (Lipinski definition) is 3. The highest BCUT2D eigenvalue weighted by Crippen LogP contribution is 2.30. The van der Waals surface area contributed by atoms with Gasteiger partial charge in [0, 0.05) is 108 Å². The number of pyridine rings is 1. The minimum absolute atomic E-state index is 0.0178. The van der Waals surface area contributed by atoms with Crippen LogP contribution in [0.2, 0.25) is 0 Å². The molecule has 9 rings (SSSR count). The Morgan fingerprint density at radius 3 is 2.25 bits per heavy atom. The number of aromatic amines is 1. The Hall–Kier alpha value is -7.28. The van der Waals surface area contributed by atoms with Crippen LogP contribution in [0.4, 0.5) is 10.1 Å². The standard InChI is InChI=1S/C53H59FN12O5/c1-2-38-7-3-4-8-41(38)39-29-47(59-48(67)32-56-31-40-13-16-55-35-58-40)50(57-30-39)53(71)65-17-14-36(15-18-65)33-62-19-21-63(22-20-62)34-49(68)64-23-25-66(26-24-64)52(70)44-27-37(11-12-45(44)54)28-46-42-9-5-6-10-43(42)51(69)61-60-46/h3-13,16,27,29-30,35-36,56H,2,14-15,17-26,28,31-34H2,1H3,(H,59,67)(H,61,69). The lowest BCUT2D eigenvalue weighted by Gasteiger charge is -2.40. The normalized spacial score (nSPS) is 16.1. The predicted octanol–water partition coefficient (Wildman–Crippen LogP) is 4.25. The first kappa shape index (κ1) is 48.7. The Bertz CT molecular complexity index is 2930. The van der Waals surface area contributed by atoms with E-state index in [1.807, 2.05) is 41.3 Å². The first-order chi connectivity index (χ1) is 34.6. The second kappa shape index (κ2) is 22.6. The number of fused-ring (bicyclic) bond motifs is 1. The topological polar surface area (TPSA) is 193 Å². The van der Waals surface area contributed by atoms with Gasteiger partial charge >= 0.3 is 0 Å². The number of hydrogen-bond acceptors (Lipinski definition) is 12. The fourth-order valence-electron chi connectivity index (χ4n) is 9.84. The van der Waals surface area contributed by atoms with Crippen LogP contribution in [-0.4, -0.2) is 158 Å². The molecule has 0 bridgehead atoms. The zero-order valence-electron chi connectivity index (χ0n) is 40.0. The number of carbonyl (C=O) groups is 4. The lowest BCUT2D eigenvalue weighted by Crippen LogP contribution is -2.55. The summed E-state index contributed by atoms with van der Waals surface area (Å²) < 4.78 is 15.1. The molecule has 3 aromatic heterocycles. The van der Waals surface area contributed by atoms with Gasteiger partial charge in [-0.1, -0.05) is 55.5 Å². The monoisotopic (exact) mass is 962 g/mol. The number of anilines is 1. The maximum absolute atomic E-state index is 15.1. The van der Waals surface area contributed by atoms with Gasteiger partial charge in [-0.25, -0.2) is 24.4 Å². The molecule has 0 radical (unpaired) electrons. The number of piperidine rings is 1. The molecule has 3 saturated heterocycles. The summed E-state index contributed by atoms with van der Waals surface area (Å²) in [6, 6.07) is 23.3. The molecule has 6 heterocycles. The van der Waals surface area contributed by atoms with E-state index in [0.717, 1.165) is 74.4 Å². The number of carbonyl (C=O) groups excluding carboxylic acids is 4. The van der Waals surface area contributed by atoms with E-state index in [1.54, 1.807) is 52.5 Å². The van der Waals surface area contributed by atoms with Gasteiger partial charge in [0.2, 0.25) is 11.8 Å². The number of piperazine rings is 2. The number of aromatic nitrogens is 5. The molecule has 368 valence electrons.